The molecule has 0 aliphatic heterocycles. The normalized spacial score (nSPS) is 11.2. The van der Waals surface area contributed by atoms with Gasteiger partial charge in [-0.05, 0) is 25.8 Å². The molecule has 0 atom stereocenters. The highest BCUT2D eigenvalue weighted by Gasteiger charge is 2.09. The SMILES string of the molecule is Cc1sc(CCCN)nc1C(C)C. The summed E-state index contributed by atoms with van der Waals surface area (Å²) in [5.41, 5.74) is 6.72. The van der Waals surface area contributed by atoms with Gasteiger partial charge >= 0.3 is 0 Å². The molecule has 0 radical (unpaired) electrons. The molecular weight excluding hydrogens is 180 g/mol. The van der Waals surface area contributed by atoms with Crippen molar-refractivity contribution in [1.82, 2.24) is 4.98 Å². The molecule has 0 aliphatic rings. The quantitative estimate of drug-likeness (QED) is 0.807. The molecule has 74 valence electrons. The molecule has 0 aliphatic carbocycles. The van der Waals surface area contributed by atoms with Gasteiger partial charge in [0.15, 0.2) is 0 Å². The van der Waals surface area contributed by atoms with E-state index in [1.165, 1.54) is 15.6 Å². The molecule has 3 heteroatoms. The summed E-state index contributed by atoms with van der Waals surface area (Å²) in [7, 11) is 0. The number of thiazole rings is 1. The Hall–Kier alpha value is -0.410. The Labute approximate surface area is 84.2 Å². The van der Waals surface area contributed by atoms with E-state index in [2.05, 4.69) is 25.8 Å². The highest BCUT2D eigenvalue weighted by molar-refractivity contribution is 7.11. The van der Waals surface area contributed by atoms with Gasteiger partial charge in [0.1, 0.15) is 0 Å². The molecule has 0 fully saturated rings. The monoisotopic (exact) mass is 198 g/mol. The first-order chi connectivity index (χ1) is 6.15. The van der Waals surface area contributed by atoms with Crippen LogP contribution in [0.5, 0.6) is 0 Å². The van der Waals surface area contributed by atoms with Crippen LogP contribution in [0.4, 0.5) is 0 Å². The van der Waals surface area contributed by atoms with Crippen molar-refractivity contribution >= 4 is 11.3 Å². The van der Waals surface area contributed by atoms with Crippen LogP contribution in [0.1, 0.15) is 41.8 Å². The fourth-order valence-corrected chi connectivity index (χ4v) is 2.49. The predicted octanol–water partition coefficient (Wildman–Crippen LogP) is 2.47. The van der Waals surface area contributed by atoms with Gasteiger partial charge < -0.3 is 5.73 Å². The zero-order valence-corrected chi connectivity index (χ0v) is 9.45. The van der Waals surface area contributed by atoms with Gasteiger partial charge in [-0.25, -0.2) is 4.98 Å². The second-order valence-corrected chi connectivity index (χ2v) is 4.88. The smallest absolute Gasteiger partial charge is 0.0931 e. The van der Waals surface area contributed by atoms with Crippen molar-refractivity contribution in [3.8, 4) is 0 Å². The molecular formula is C10H18N2S. The number of aryl methyl sites for hydroxylation is 2. The molecule has 13 heavy (non-hydrogen) atoms. The lowest BCUT2D eigenvalue weighted by Gasteiger charge is -1.99. The van der Waals surface area contributed by atoms with Gasteiger partial charge in [-0.15, -0.1) is 11.3 Å². The zero-order chi connectivity index (χ0) is 9.84. The second-order valence-electron chi connectivity index (χ2n) is 3.60. The summed E-state index contributed by atoms with van der Waals surface area (Å²) >= 11 is 1.82. The number of hydrogen-bond donors (Lipinski definition) is 1. The minimum Gasteiger partial charge on any atom is -0.330 e. The summed E-state index contributed by atoms with van der Waals surface area (Å²) in [5, 5.41) is 1.24. The summed E-state index contributed by atoms with van der Waals surface area (Å²) in [6, 6.07) is 0. The Morgan fingerprint density at radius 1 is 1.46 bits per heavy atom. The summed E-state index contributed by atoms with van der Waals surface area (Å²) < 4.78 is 0. The van der Waals surface area contributed by atoms with Crippen LogP contribution in [-0.2, 0) is 6.42 Å². The molecule has 0 aromatic carbocycles. The first-order valence-corrected chi connectivity index (χ1v) is 5.63. The third kappa shape index (κ3) is 2.78. The maximum Gasteiger partial charge on any atom is 0.0931 e. The van der Waals surface area contributed by atoms with E-state index < -0.39 is 0 Å². The summed E-state index contributed by atoms with van der Waals surface area (Å²) in [6.45, 7) is 7.29. The Kier molecular flexibility index (Phi) is 3.88. The van der Waals surface area contributed by atoms with E-state index in [9.17, 15) is 0 Å². The van der Waals surface area contributed by atoms with E-state index in [1.807, 2.05) is 11.3 Å². The Morgan fingerprint density at radius 3 is 2.62 bits per heavy atom. The predicted molar refractivity (Wildman–Crippen MR) is 58.3 cm³/mol. The van der Waals surface area contributed by atoms with Gasteiger partial charge in [-0.1, -0.05) is 13.8 Å². The average Bonchev–Trinajstić information content (AvgIpc) is 2.43. The van der Waals surface area contributed by atoms with Gasteiger partial charge in [0.2, 0.25) is 0 Å². The maximum atomic E-state index is 5.46. The van der Waals surface area contributed by atoms with Crippen LogP contribution in [-0.4, -0.2) is 11.5 Å². The number of hydrogen-bond acceptors (Lipinski definition) is 3. The molecule has 0 amide bonds. The third-order valence-electron chi connectivity index (χ3n) is 2.02. The van der Waals surface area contributed by atoms with Crippen LogP contribution >= 0.6 is 11.3 Å². The van der Waals surface area contributed by atoms with Crippen molar-refractivity contribution in [3.05, 3.63) is 15.6 Å². The highest BCUT2D eigenvalue weighted by atomic mass is 32.1. The molecule has 0 saturated heterocycles. The van der Waals surface area contributed by atoms with E-state index in [0.29, 0.717) is 5.92 Å². The van der Waals surface area contributed by atoms with Crippen LogP contribution < -0.4 is 5.73 Å². The molecule has 2 nitrogen and oxygen atoms in total. The minimum absolute atomic E-state index is 0.544. The second kappa shape index (κ2) is 4.72. The lowest BCUT2D eigenvalue weighted by molar-refractivity contribution is 0.789. The van der Waals surface area contributed by atoms with Crippen LogP contribution in [0.15, 0.2) is 0 Å². The lowest BCUT2D eigenvalue weighted by Crippen LogP contribution is -2.00. The molecule has 1 aromatic heterocycles. The Bertz CT molecular complexity index is 266. The van der Waals surface area contributed by atoms with Crippen LogP contribution in [0.3, 0.4) is 0 Å². The Morgan fingerprint density at radius 2 is 2.15 bits per heavy atom. The molecule has 2 N–H and O–H groups in total. The van der Waals surface area contributed by atoms with Gasteiger partial charge in [-0.2, -0.15) is 0 Å². The summed E-state index contributed by atoms with van der Waals surface area (Å²) in [4.78, 5) is 5.97. The number of nitrogens with two attached hydrogens (primary N) is 1. The fourth-order valence-electron chi connectivity index (χ4n) is 1.36. The fraction of sp³-hybridized carbons (Fsp3) is 0.700. The van der Waals surface area contributed by atoms with Gasteiger partial charge in [-0.3, -0.25) is 0 Å². The number of nitrogens with zero attached hydrogens (tertiary/aromatic N) is 1. The molecule has 0 spiro atoms. The minimum atomic E-state index is 0.544. The van der Waals surface area contributed by atoms with E-state index >= 15 is 0 Å². The first-order valence-electron chi connectivity index (χ1n) is 4.81. The van der Waals surface area contributed by atoms with Gasteiger partial charge in [0.25, 0.3) is 0 Å². The lowest BCUT2D eigenvalue weighted by atomic mass is 10.1. The number of aromatic nitrogens is 1. The van der Waals surface area contributed by atoms with Crippen LogP contribution in [0, 0.1) is 6.92 Å². The van der Waals surface area contributed by atoms with Crippen molar-refractivity contribution in [1.29, 1.82) is 0 Å². The Balaban J connectivity index is 2.71. The van der Waals surface area contributed by atoms with E-state index in [4.69, 9.17) is 5.73 Å². The molecule has 0 saturated carbocycles. The van der Waals surface area contributed by atoms with Crippen molar-refractivity contribution in [3.63, 3.8) is 0 Å². The van der Waals surface area contributed by atoms with E-state index in [0.717, 1.165) is 19.4 Å². The number of rotatable bonds is 4. The van der Waals surface area contributed by atoms with Crippen molar-refractivity contribution < 1.29 is 0 Å². The van der Waals surface area contributed by atoms with Gasteiger partial charge in [0.05, 0.1) is 10.7 Å². The van der Waals surface area contributed by atoms with Crippen molar-refractivity contribution in [2.24, 2.45) is 5.73 Å². The molecule has 1 aromatic rings. The molecule has 1 rings (SSSR count). The summed E-state index contributed by atoms with van der Waals surface area (Å²) in [6.07, 6.45) is 2.08. The standard InChI is InChI=1S/C10H18N2S/c1-7(2)10-8(3)13-9(12-10)5-4-6-11/h7H,4-6,11H2,1-3H3. The van der Waals surface area contributed by atoms with Gasteiger partial charge in [0, 0.05) is 11.3 Å². The molecule has 0 unspecified atom stereocenters. The van der Waals surface area contributed by atoms with E-state index in [1.54, 1.807) is 0 Å². The first kappa shape index (κ1) is 10.7. The van der Waals surface area contributed by atoms with Crippen LogP contribution in [0.2, 0.25) is 0 Å². The maximum absolute atomic E-state index is 5.46. The van der Waals surface area contributed by atoms with Crippen molar-refractivity contribution in [2.75, 3.05) is 6.54 Å². The molecule has 0 bridgehead atoms. The van der Waals surface area contributed by atoms with Crippen LogP contribution in [0.25, 0.3) is 0 Å². The third-order valence-corrected chi connectivity index (χ3v) is 3.06. The van der Waals surface area contributed by atoms with E-state index in [-0.39, 0.29) is 0 Å². The zero-order valence-electron chi connectivity index (χ0n) is 8.63. The largest absolute Gasteiger partial charge is 0.330 e. The molecule has 1 heterocycles. The average molecular weight is 198 g/mol. The highest BCUT2D eigenvalue weighted by Crippen LogP contribution is 2.24. The van der Waals surface area contributed by atoms with Crippen molar-refractivity contribution in [2.45, 2.75) is 39.5 Å². The topological polar surface area (TPSA) is 38.9 Å². The summed E-state index contributed by atoms with van der Waals surface area (Å²) in [5.74, 6) is 0.544.